The lowest BCUT2D eigenvalue weighted by Gasteiger charge is -2.01. The van der Waals surface area contributed by atoms with Crippen molar-refractivity contribution in [2.75, 3.05) is 0 Å². The molecule has 0 amide bonds. The molecule has 2 rings (SSSR count). The van der Waals surface area contributed by atoms with Gasteiger partial charge in [-0.2, -0.15) is 0 Å². The zero-order chi connectivity index (χ0) is 9.97. The van der Waals surface area contributed by atoms with Crippen molar-refractivity contribution in [2.24, 2.45) is 0 Å². The lowest BCUT2D eigenvalue weighted by Crippen LogP contribution is -1.87. The fourth-order valence-corrected chi connectivity index (χ4v) is 1.45. The minimum Gasteiger partial charge on any atom is -0.242 e. The second-order valence-electron chi connectivity index (χ2n) is 3.05. The van der Waals surface area contributed by atoms with Crippen LogP contribution in [0.1, 0.15) is 5.69 Å². The molecule has 70 valence electrons. The predicted octanol–water partition coefficient (Wildman–Crippen LogP) is 3.11. The van der Waals surface area contributed by atoms with Crippen molar-refractivity contribution in [3.63, 3.8) is 0 Å². The van der Waals surface area contributed by atoms with Crippen molar-refractivity contribution in [1.82, 2.24) is 9.97 Å². The normalized spacial score (nSPS) is 10.1. The molecule has 0 atom stereocenters. The summed E-state index contributed by atoms with van der Waals surface area (Å²) in [5.74, 6) is 0. The molecule has 0 aliphatic carbocycles. The van der Waals surface area contributed by atoms with Crippen LogP contribution in [0.2, 0.25) is 5.02 Å². The number of nitrogens with zero attached hydrogens (tertiary/aromatic N) is 2. The molecule has 1 aromatic carbocycles. The van der Waals surface area contributed by atoms with E-state index in [-0.39, 0.29) is 0 Å². The van der Waals surface area contributed by atoms with Crippen LogP contribution < -0.4 is 0 Å². The highest BCUT2D eigenvalue weighted by Crippen LogP contribution is 2.20. The molecule has 1 heterocycles. The third kappa shape index (κ3) is 1.91. The number of hydrogen-bond acceptors (Lipinski definition) is 2. The third-order valence-electron chi connectivity index (χ3n) is 1.92. The van der Waals surface area contributed by atoms with E-state index >= 15 is 0 Å². The van der Waals surface area contributed by atoms with Crippen LogP contribution >= 0.6 is 11.6 Å². The Morgan fingerprint density at radius 1 is 1.14 bits per heavy atom. The first-order valence-electron chi connectivity index (χ1n) is 4.30. The molecule has 0 N–H and O–H groups in total. The summed E-state index contributed by atoms with van der Waals surface area (Å²) in [5.41, 5.74) is 2.87. The maximum absolute atomic E-state index is 5.89. The van der Waals surface area contributed by atoms with E-state index in [0.29, 0.717) is 0 Å². The largest absolute Gasteiger partial charge is 0.242 e. The molecule has 0 aliphatic rings. The van der Waals surface area contributed by atoms with Crippen LogP contribution in [0.3, 0.4) is 0 Å². The topological polar surface area (TPSA) is 25.8 Å². The van der Waals surface area contributed by atoms with Crippen molar-refractivity contribution in [1.29, 1.82) is 0 Å². The minimum atomic E-state index is 0.721. The Kier molecular flexibility index (Phi) is 2.46. The fraction of sp³-hybridized carbons (Fsp3) is 0.0909. The second kappa shape index (κ2) is 3.76. The number of hydrogen-bond donors (Lipinski definition) is 0. The average molecular weight is 205 g/mol. The predicted molar refractivity (Wildman–Crippen MR) is 57.2 cm³/mol. The van der Waals surface area contributed by atoms with Crippen molar-refractivity contribution in [2.45, 2.75) is 6.92 Å². The van der Waals surface area contributed by atoms with Gasteiger partial charge in [0.1, 0.15) is 6.33 Å². The Hall–Kier alpha value is -1.41. The summed E-state index contributed by atoms with van der Waals surface area (Å²) in [5, 5.41) is 0.721. The summed E-state index contributed by atoms with van der Waals surface area (Å²) in [7, 11) is 0. The van der Waals surface area contributed by atoms with E-state index in [1.165, 1.54) is 0 Å². The van der Waals surface area contributed by atoms with Crippen molar-refractivity contribution < 1.29 is 0 Å². The van der Waals surface area contributed by atoms with E-state index in [9.17, 15) is 0 Å². The first kappa shape index (κ1) is 9.16. The summed E-state index contributed by atoms with van der Waals surface area (Å²) in [6.45, 7) is 1.94. The van der Waals surface area contributed by atoms with E-state index in [0.717, 1.165) is 22.0 Å². The maximum atomic E-state index is 5.89. The zero-order valence-corrected chi connectivity index (χ0v) is 8.49. The smallest absolute Gasteiger partial charge is 0.116 e. The number of aromatic nitrogens is 2. The molecule has 1 aromatic heterocycles. The first-order chi connectivity index (χ1) is 6.75. The molecular formula is C11H9ClN2. The summed E-state index contributed by atoms with van der Waals surface area (Å²) in [6.07, 6.45) is 1.56. The molecule has 0 aliphatic heterocycles. The highest BCUT2D eigenvalue weighted by molar-refractivity contribution is 6.30. The minimum absolute atomic E-state index is 0.721. The molecule has 0 radical (unpaired) electrons. The number of benzene rings is 1. The first-order valence-corrected chi connectivity index (χ1v) is 4.68. The van der Waals surface area contributed by atoms with Gasteiger partial charge in [-0.1, -0.05) is 23.7 Å². The van der Waals surface area contributed by atoms with Gasteiger partial charge in [0.15, 0.2) is 0 Å². The molecule has 0 saturated heterocycles. The molecule has 0 fully saturated rings. The van der Waals surface area contributed by atoms with Crippen LogP contribution in [0.25, 0.3) is 11.3 Å². The van der Waals surface area contributed by atoms with Crippen LogP contribution in [0.15, 0.2) is 36.7 Å². The van der Waals surface area contributed by atoms with Gasteiger partial charge in [-0.05, 0) is 25.1 Å². The Labute approximate surface area is 87.6 Å². The van der Waals surface area contributed by atoms with E-state index in [4.69, 9.17) is 11.6 Å². The van der Waals surface area contributed by atoms with Gasteiger partial charge in [-0.15, -0.1) is 0 Å². The molecule has 2 aromatic rings. The summed E-state index contributed by atoms with van der Waals surface area (Å²) in [6, 6.07) is 9.57. The molecule has 0 saturated carbocycles. The number of aryl methyl sites for hydroxylation is 1. The summed E-state index contributed by atoms with van der Waals surface area (Å²) < 4.78 is 0. The summed E-state index contributed by atoms with van der Waals surface area (Å²) in [4.78, 5) is 8.22. The van der Waals surface area contributed by atoms with Gasteiger partial charge in [-0.3, -0.25) is 0 Å². The Bertz CT molecular complexity index is 411. The van der Waals surface area contributed by atoms with Gasteiger partial charge in [0.2, 0.25) is 0 Å². The number of halogens is 1. The van der Waals surface area contributed by atoms with E-state index < -0.39 is 0 Å². The fourth-order valence-electron chi connectivity index (χ4n) is 1.26. The zero-order valence-electron chi connectivity index (χ0n) is 7.74. The molecule has 0 bridgehead atoms. The van der Waals surface area contributed by atoms with Crippen LogP contribution in [0, 0.1) is 6.92 Å². The van der Waals surface area contributed by atoms with E-state index in [1.807, 2.05) is 37.3 Å². The van der Waals surface area contributed by atoms with E-state index in [2.05, 4.69) is 9.97 Å². The Morgan fingerprint density at radius 3 is 2.71 bits per heavy atom. The molecule has 14 heavy (non-hydrogen) atoms. The Balaban J connectivity index is 2.49. The monoisotopic (exact) mass is 204 g/mol. The lowest BCUT2D eigenvalue weighted by atomic mass is 10.1. The molecule has 3 heteroatoms. The number of rotatable bonds is 1. The van der Waals surface area contributed by atoms with Gasteiger partial charge in [0.05, 0.1) is 5.69 Å². The van der Waals surface area contributed by atoms with E-state index in [1.54, 1.807) is 6.33 Å². The Morgan fingerprint density at radius 2 is 2.00 bits per heavy atom. The molecule has 0 spiro atoms. The van der Waals surface area contributed by atoms with Gasteiger partial charge in [0, 0.05) is 16.3 Å². The highest BCUT2D eigenvalue weighted by atomic mass is 35.5. The highest BCUT2D eigenvalue weighted by Gasteiger charge is 1.99. The standard InChI is InChI=1S/C11H9ClN2/c1-8-5-11(14-7-13-8)9-3-2-4-10(12)6-9/h2-7H,1H3. The quantitative estimate of drug-likeness (QED) is 0.714. The van der Waals surface area contributed by atoms with Gasteiger partial charge in [0.25, 0.3) is 0 Å². The van der Waals surface area contributed by atoms with Crippen LogP contribution in [-0.4, -0.2) is 9.97 Å². The van der Waals surface area contributed by atoms with Crippen LogP contribution in [0.5, 0.6) is 0 Å². The molecular weight excluding hydrogens is 196 g/mol. The van der Waals surface area contributed by atoms with Crippen molar-refractivity contribution >= 4 is 11.6 Å². The van der Waals surface area contributed by atoms with Crippen molar-refractivity contribution in [3.05, 3.63) is 47.4 Å². The maximum Gasteiger partial charge on any atom is 0.116 e. The van der Waals surface area contributed by atoms with Crippen molar-refractivity contribution in [3.8, 4) is 11.3 Å². The SMILES string of the molecule is Cc1cc(-c2cccc(Cl)c2)ncn1. The second-order valence-corrected chi connectivity index (χ2v) is 3.49. The van der Waals surface area contributed by atoms with Gasteiger partial charge < -0.3 is 0 Å². The molecule has 2 nitrogen and oxygen atoms in total. The lowest BCUT2D eigenvalue weighted by molar-refractivity contribution is 1.11. The summed E-state index contributed by atoms with van der Waals surface area (Å²) >= 11 is 5.89. The van der Waals surface area contributed by atoms with Gasteiger partial charge in [-0.25, -0.2) is 9.97 Å². The average Bonchev–Trinajstić information content (AvgIpc) is 2.18. The third-order valence-corrected chi connectivity index (χ3v) is 2.16. The van der Waals surface area contributed by atoms with Crippen LogP contribution in [-0.2, 0) is 0 Å². The van der Waals surface area contributed by atoms with Gasteiger partial charge >= 0.3 is 0 Å². The van der Waals surface area contributed by atoms with Crippen LogP contribution in [0.4, 0.5) is 0 Å². The molecule has 0 unspecified atom stereocenters.